The van der Waals surface area contributed by atoms with Gasteiger partial charge in [0.2, 0.25) is 0 Å². The minimum atomic E-state index is 0. The summed E-state index contributed by atoms with van der Waals surface area (Å²) in [7, 11) is 2.04. The summed E-state index contributed by atoms with van der Waals surface area (Å²) in [6, 6.07) is 3.91. The molecular formula is C16H25IN4OS. The van der Waals surface area contributed by atoms with Gasteiger partial charge in [0.1, 0.15) is 5.76 Å². The van der Waals surface area contributed by atoms with Gasteiger partial charge in [-0.3, -0.25) is 4.99 Å². The summed E-state index contributed by atoms with van der Waals surface area (Å²) < 4.78 is 5.35. The van der Waals surface area contributed by atoms with Crippen LogP contribution < -0.4 is 5.32 Å². The summed E-state index contributed by atoms with van der Waals surface area (Å²) in [6.07, 6.45) is 3.59. The van der Waals surface area contributed by atoms with Crippen LogP contribution in [0.4, 0.5) is 0 Å². The fourth-order valence-corrected chi connectivity index (χ4v) is 2.68. The first-order valence-corrected chi connectivity index (χ1v) is 8.50. The van der Waals surface area contributed by atoms with Crippen LogP contribution in [0.1, 0.15) is 29.8 Å². The van der Waals surface area contributed by atoms with E-state index in [0.29, 0.717) is 0 Å². The number of hydrogen-bond donors (Lipinski definition) is 1. The van der Waals surface area contributed by atoms with Gasteiger partial charge in [-0.15, -0.1) is 35.3 Å². The number of hydrogen-bond acceptors (Lipinski definition) is 4. The topological polar surface area (TPSA) is 53.7 Å². The third-order valence-electron chi connectivity index (χ3n) is 3.15. The lowest BCUT2D eigenvalue weighted by molar-refractivity contribution is 0.463. The molecule has 2 rings (SSSR count). The van der Waals surface area contributed by atoms with E-state index >= 15 is 0 Å². The normalized spacial score (nSPS) is 11.2. The van der Waals surface area contributed by atoms with Crippen molar-refractivity contribution in [1.82, 2.24) is 15.2 Å². The standard InChI is InChI=1S/C16H24N4OS.HI/c1-4-8-17-16(18-9-7-15-6-5-10-21-15)20(3)11-14-12-22-13(2)19-14;/h5-6,10,12H,4,7-9,11H2,1-3H3,(H,17,18);1H. The van der Waals surface area contributed by atoms with Crippen LogP contribution in [0.25, 0.3) is 0 Å². The number of guanidine groups is 1. The second-order valence-corrected chi connectivity index (χ2v) is 6.24. The molecule has 0 aliphatic rings. The summed E-state index contributed by atoms with van der Waals surface area (Å²) in [5.41, 5.74) is 1.09. The number of aromatic nitrogens is 1. The Hall–Kier alpha value is -1.09. The fraction of sp³-hybridized carbons (Fsp3) is 0.500. The van der Waals surface area contributed by atoms with E-state index in [-0.39, 0.29) is 24.0 Å². The number of aryl methyl sites for hydroxylation is 1. The molecule has 0 aliphatic carbocycles. The zero-order chi connectivity index (χ0) is 15.8. The Morgan fingerprint density at radius 1 is 1.48 bits per heavy atom. The van der Waals surface area contributed by atoms with Crippen molar-refractivity contribution in [3.63, 3.8) is 0 Å². The molecule has 0 saturated carbocycles. The van der Waals surface area contributed by atoms with Crippen molar-refractivity contribution in [2.24, 2.45) is 4.99 Å². The summed E-state index contributed by atoms with van der Waals surface area (Å²) in [5, 5.41) is 6.61. The molecule has 1 N–H and O–H groups in total. The number of rotatable bonds is 7. The molecule has 128 valence electrons. The lowest BCUT2D eigenvalue weighted by Gasteiger charge is -2.21. The Kier molecular flexibility index (Phi) is 9.23. The first kappa shape index (κ1) is 20.0. The first-order valence-electron chi connectivity index (χ1n) is 7.62. The zero-order valence-electron chi connectivity index (χ0n) is 13.9. The Morgan fingerprint density at radius 3 is 2.91 bits per heavy atom. The van der Waals surface area contributed by atoms with Gasteiger partial charge in [-0.05, 0) is 25.5 Å². The van der Waals surface area contributed by atoms with E-state index in [2.05, 4.69) is 32.5 Å². The van der Waals surface area contributed by atoms with E-state index in [1.165, 1.54) is 0 Å². The number of nitrogens with one attached hydrogen (secondary N) is 1. The molecule has 0 fully saturated rings. The van der Waals surface area contributed by atoms with Crippen LogP contribution in [0.5, 0.6) is 0 Å². The SMILES string of the molecule is CCCN=C(NCCc1ccco1)N(C)Cc1csc(C)n1.I. The van der Waals surface area contributed by atoms with Gasteiger partial charge >= 0.3 is 0 Å². The zero-order valence-corrected chi connectivity index (χ0v) is 17.1. The van der Waals surface area contributed by atoms with Gasteiger partial charge in [0.05, 0.1) is 23.5 Å². The monoisotopic (exact) mass is 448 g/mol. The van der Waals surface area contributed by atoms with Crippen LogP contribution in [0.2, 0.25) is 0 Å². The lowest BCUT2D eigenvalue weighted by atomic mass is 10.3. The van der Waals surface area contributed by atoms with Crippen molar-refractivity contribution in [1.29, 1.82) is 0 Å². The van der Waals surface area contributed by atoms with Crippen LogP contribution in [-0.2, 0) is 13.0 Å². The van der Waals surface area contributed by atoms with Gasteiger partial charge in [0.25, 0.3) is 0 Å². The fourth-order valence-electron chi connectivity index (χ4n) is 2.08. The Bertz CT molecular complexity index is 583. The molecule has 2 aromatic heterocycles. The molecule has 5 nitrogen and oxygen atoms in total. The number of halogens is 1. The summed E-state index contributed by atoms with van der Waals surface area (Å²) in [4.78, 5) is 11.3. The average Bonchev–Trinajstić information content (AvgIpc) is 3.14. The molecule has 0 bridgehead atoms. The minimum Gasteiger partial charge on any atom is -0.469 e. The quantitative estimate of drug-likeness (QED) is 0.399. The molecule has 7 heteroatoms. The van der Waals surface area contributed by atoms with Gasteiger partial charge < -0.3 is 14.6 Å². The Morgan fingerprint density at radius 2 is 2.30 bits per heavy atom. The lowest BCUT2D eigenvalue weighted by Crippen LogP contribution is -2.39. The van der Waals surface area contributed by atoms with Crippen molar-refractivity contribution >= 4 is 41.3 Å². The maximum atomic E-state index is 5.35. The third-order valence-corrected chi connectivity index (χ3v) is 3.97. The summed E-state index contributed by atoms with van der Waals surface area (Å²) in [5.74, 6) is 1.90. The molecule has 23 heavy (non-hydrogen) atoms. The highest BCUT2D eigenvalue weighted by Gasteiger charge is 2.09. The maximum absolute atomic E-state index is 5.35. The largest absolute Gasteiger partial charge is 0.469 e. The molecule has 0 aromatic carbocycles. The molecule has 0 spiro atoms. The highest BCUT2D eigenvalue weighted by molar-refractivity contribution is 14.0. The van der Waals surface area contributed by atoms with Crippen molar-refractivity contribution in [2.75, 3.05) is 20.1 Å². The smallest absolute Gasteiger partial charge is 0.194 e. The molecule has 0 radical (unpaired) electrons. The van der Waals surface area contributed by atoms with Crippen molar-refractivity contribution < 1.29 is 4.42 Å². The number of furan rings is 1. The number of nitrogens with zero attached hydrogens (tertiary/aromatic N) is 3. The average molecular weight is 448 g/mol. The van der Waals surface area contributed by atoms with E-state index in [1.807, 2.05) is 26.1 Å². The van der Waals surface area contributed by atoms with Gasteiger partial charge in [-0.25, -0.2) is 4.98 Å². The predicted octanol–water partition coefficient (Wildman–Crippen LogP) is 3.69. The Labute approximate surface area is 159 Å². The highest BCUT2D eigenvalue weighted by atomic mass is 127. The summed E-state index contributed by atoms with van der Waals surface area (Å²) in [6.45, 7) is 6.55. The number of aliphatic imine (C=N–C) groups is 1. The third kappa shape index (κ3) is 6.90. The van der Waals surface area contributed by atoms with Crippen LogP contribution >= 0.6 is 35.3 Å². The van der Waals surface area contributed by atoms with E-state index in [4.69, 9.17) is 4.42 Å². The van der Waals surface area contributed by atoms with Crippen LogP contribution in [-0.4, -0.2) is 36.0 Å². The molecule has 0 aliphatic heterocycles. The van der Waals surface area contributed by atoms with Crippen molar-refractivity contribution in [3.05, 3.63) is 40.2 Å². The highest BCUT2D eigenvalue weighted by Crippen LogP contribution is 2.10. The van der Waals surface area contributed by atoms with Gasteiger partial charge in [0, 0.05) is 31.9 Å². The van der Waals surface area contributed by atoms with Crippen LogP contribution in [0, 0.1) is 6.92 Å². The summed E-state index contributed by atoms with van der Waals surface area (Å²) >= 11 is 1.68. The molecule has 0 unspecified atom stereocenters. The van der Waals surface area contributed by atoms with E-state index in [1.54, 1.807) is 17.6 Å². The maximum Gasteiger partial charge on any atom is 0.194 e. The van der Waals surface area contributed by atoms with E-state index in [0.717, 1.165) is 54.9 Å². The van der Waals surface area contributed by atoms with Crippen molar-refractivity contribution in [3.8, 4) is 0 Å². The second kappa shape index (κ2) is 10.6. The number of thiazole rings is 1. The van der Waals surface area contributed by atoms with Gasteiger partial charge in [0.15, 0.2) is 5.96 Å². The molecule has 2 aromatic rings. The first-order chi connectivity index (χ1) is 10.7. The van der Waals surface area contributed by atoms with Crippen molar-refractivity contribution in [2.45, 2.75) is 33.2 Å². The predicted molar refractivity (Wildman–Crippen MR) is 107 cm³/mol. The van der Waals surface area contributed by atoms with Crippen LogP contribution in [0.3, 0.4) is 0 Å². The molecular weight excluding hydrogens is 423 g/mol. The molecule has 2 heterocycles. The van der Waals surface area contributed by atoms with Gasteiger partial charge in [-0.1, -0.05) is 6.92 Å². The van der Waals surface area contributed by atoms with Gasteiger partial charge in [-0.2, -0.15) is 0 Å². The minimum absolute atomic E-state index is 0. The molecule has 0 saturated heterocycles. The van der Waals surface area contributed by atoms with E-state index < -0.39 is 0 Å². The molecule has 0 atom stereocenters. The Balaban J connectivity index is 0.00000264. The second-order valence-electron chi connectivity index (χ2n) is 5.18. The molecule has 0 amide bonds. The van der Waals surface area contributed by atoms with Crippen LogP contribution in [0.15, 0.2) is 33.2 Å². The van der Waals surface area contributed by atoms with E-state index in [9.17, 15) is 0 Å².